The molecule has 0 radical (unpaired) electrons. The molecule has 2 nitrogen and oxygen atoms in total. The van der Waals surface area contributed by atoms with E-state index in [-0.39, 0.29) is 11.7 Å². The number of carboxylic acid groups (broad SMARTS) is 1. The van der Waals surface area contributed by atoms with Gasteiger partial charge in [-0.25, -0.2) is 4.39 Å². The number of hydrogen-bond donors (Lipinski definition) is 1. The number of benzene rings is 1. The van der Waals surface area contributed by atoms with Crippen LogP contribution in [-0.4, -0.2) is 11.1 Å². The fourth-order valence-electron chi connectivity index (χ4n) is 1.67. The second kappa shape index (κ2) is 4.43. The molecule has 1 atom stereocenters. The number of halogens is 1. The molecule has 1 unspecified atom stereocenters. The molecule has 0 saturated carbocycles. The Morgan fingerprint density at radius 2 is 2.00 bits per heavy atom. The van der Waals surface area contributed by atoms with Gasteiger partial charge < -0.3 is 5.11 Å². The molecule has 1 N–H and O–H groups in total. The molecule has 0 aliphatic heterocycles. The fourth-order valence-corrected chi connectivity index (χ4v) is 1.67. The summed E-state index contributed by atoms with van der Waals surface area (Å²) in [6.45, 7) is 5.33. The summed E-state index contributed by atoms with van der Waals surface area (Å²) in [7, 11) is 0. The molecule has 0 aromatic heterocycles. The molecule has 0 saturated heterocycles. The molecule has 1 rings (SSSR count). The van der Waals surface area contributed by atoms with Crippen molar-refractivity contribution < 1.29 is 14.3 Å². The van der Waals surface area contributed by atoms with Crippen LogP contribution < -0.4 is 0 Å². The summed E-state index contributed by atoms with van der Waals surface area (Å²) in [6, 6.07) is 4.47. The Morgan fingerprint density at radius 1 is 1.40 bits per heavy atom. The second-order valence-electron chi connectivity index (χ2n) is 4.07. The van der Waals surface area contributed by atoms with E-state index in [0.717, 1.165) is 0 Å². The highest BCUT2D eigenvalue weighted by molar-refractivity contribution is 5.76. The van der Waals surface area contributed by atoms with Gasteiger partial charge in [0, 0.05) is 0 Å². The molecule has 15 heavy (non-hydrogen) atoms. The molecule has 0 spiro atoms. The standard InChI is InChI=1S/C12H15FO2/c1-7(2)11(12(14)15)9-4-5-10(13)8(3)6-9/h4-7,11H,1-3H3,(H,14,15). The molecule has 1 aromatic rings. The zero-order valence-electron chi connectivity index (χ0n) is 9.12. The summed E-state index contributed by atoms with van der Waals surface area (Å²) >= 11 is 0. The van der Waals surface area contributed by atoms with Crippen LogP contribution in [0.25, 0.3) is 0 Å². The van der Waals surface area contributed by atoms with Crippen molar-refractivity contribution in [3.05, 3.63) is 35.1 Å². The van der Waals surface area contributed by atoms with E-state index in [2.05, 4.69) is 0 Å². The van der Waals surface area contributed by atoms with E-state index in [0.29, 0.717) is 11.1 Å². The van der Waals surface area contributed by atoms with Gasteiger partial charge in [0.05, 0.1) is 5.92 Å². The number of carboxylic acids is 1. The van der Waals surface area contributed by atoms with E-state index in [9.17, 15) is 9.18 Å². The summed E-state index contributed by atoms with van der Waals surface area (Å²) < 4.78 is 13.0. The van der Waals surface area contributed by atoms with Crippen molar-refractivity contribution in [2.75, 3.05) is 0 Å². The largest absolute Gasteiger partial charge is 0.481 e. The number of aliphatic carboxylic acids is 1. The van der Waals surface area contributed by atoms with Crippen LogP contribution in [0.4, 0.5) is 4.39 Å². The van der Waals surface area contributed by atoms with E-state index in [4.69, 9.17) is 5.11 Å². The van der Waals surface area contributed by atoms with Gasteiger partial charge in [0.25, 0.3) is 0 Å². The lowest BCUT2D eigenvalue weighted by Crippen LogP contribution is -2.17. The molecular weight excluding hydrogens is 195 g/mol. The van der Waals surface area contributed by atoms with Gasteiger partial charge >= 0.3 is 5.97 Å². The normalized spacial score (nSPS) is 12.9. The van der Waals surface area contributed by atoms with E-state index in [1.165, 1.54) is 6.07 Å². The van der Waals surface area contributed by atoms with Gasteiger partial charge in [-0.2, -0.15) is 0 Å². The molecule has 0 aliphatic carbocycles. The first-order valence-electron chi connectivity index (χ1n) is 4.92. The van der Waals surface area contributed by atoms with Gasteiger partial charge in [-0.05, 0) is 30.0 Å². The first-order chi connectivity index (χ1) is 6.93. The van der Waals surface area contributed by atoms with Gasteiger partial charge in [0.1, 0.15) is 5.82 Å². The van der Waals surface area contributed by atoms with Crippen molar-refractivity contribution in [3.8, 4) is 0 Å². The zero-order chi connectivity index (χ0) is 11.6. The van der Waals surface area contributed by atoms with Crippen LogP contribution in [0.15, 0.2) is 18.2 Å². The van der Waals surface area contributed by atoms with Crippen molar-refractivity contribution in [2.45, 2.75) is 26.7 Å². The maximum absolute atomic E-state index is 13.0. The summed E-state index contributed by atoms with van der Waals surface area (Å²) in [4.78, 5) is 11.0. The van der Waals surface area contributed by atoms with Crippen LogP contribution in [0.5, 0.6) is 0 Å². The van der Waals surface area contributed by atoms with Gasteiger partial charge in [0.15, 0.2) is 0 Å². The molecule has 0 bridgehead atoms. The minimum atomic E-state index is -0.865. The van der Waals surface area contributed by atoms with Crippen molar-refractivity contribution in [1.82, 2.24) is 0 Å². The molecular formula is C12H15FO2. The summed E-state index contributed by atoms with van der Waals surface area (Å²) in [6.07, 6.45) is 0. The molecule has 0 heterocycles. The highest BCUT2D eigenvalue weighted by atomic mass is 19.1. The third-order valence-corrected chi connectivity index (χ3v) is 2.47. The van der Waals surface area contributed by atoms with Crippen LogP contribution in [0.2, 0.25) is 0 Å². The van der Waals surface area contributed by atoms with Crippen LogP contribution >= 0.6 is 0 Å². The van der Waals surface area contributed by atoms with Gasteiger partial charge in [0.2, 0.25) is 0 Å². The number of rotatable bonds is 3. The lowest BCUT2D eigenvalue weighted by molar-refractivity contribution is -0.139. The van der Waals surface area contributed by atoms with E-state index in [1.807, 2.05) is 13.8 Å². The lowest BCUT2D eigenvalue weighted by Gasteiger charge is -2.17. The fraction of sp³-hybridized carbons (Fsp3) is 0.417. The van der Waals surface area contributed by atoms with Crippen LogP contribution in [0.3, 0.4) is 0 Å². The molecule has 82 valence electrons. The first-order valence-corrected chi connectivity index (χ1v) is 4.92. The second-order valence-corrected chi connectivity index (χ2v) is 4.07. The average Bonchev–Trinajstić information content (AvgIpc) is 2.10. The van der Waals surface area contributed by atoms with Gasteiger partial charge in [-0.15, -0.1) is 0 Å². The van der Waals surface area contributed by atoms with E-state index < -0.39 is 11.9 Å². The van der Waals surface area contributed by atoms with Gasteiger partial charge in [-0.3, -0.25) is 4.79 Å². The summed E-state index contributed by atoms with van der Waals surface area (Å²) in [5.41, 5.74) is 1.15. The quantitative estimate of drug-likeness (QED) is 0.832. The maximum Gasteiger partial charge on any atom is 0.311 e. The maximum atomic E-state index is 13.0. The molecule has 0 fully saturated rings. The topological polar surface area (TPSA) is 37.3 Å². The van der Waals surface area contributed by atoms with Crippen molar-refractivity contribution in [2.24, 2.45) is 5.92 Å². The zero-order valence-corrected chi connectivity index (χ0v) is 9.12. The van der Waals surface area contributed by atoms with Crippen molar-refractivity contribution in [3.63, 3.8) is 0 Å². The van der Waals surface area contributed by atoms with Crippen LogP contribution in [0.1, 0.15) is 30.9 Å². The Labute approximate surface area is 88.7 Å². The Morgan fingerprint density at radius 3 is 2.40 bits per heavy atom. The Hall–Kier alpha value is -1.38. The van der Waals surface area contributed by atoms with Gasteiger partial charge in [-0.1, -0.05) is 26.0 Å². The highest BCUT2D eigenvalue weighted by Crippen LogP contribution is 2.26. The molecule has 3 heteroatoms. The van der Waals surface area contributed by atoms with Crippen LogP contribution in [0, 0.1) is 18.7 Å². The van der Waals surface area contributed by atoms with Crippen LogP contribution in [-0.2, 0) is 4.79 Å². The Kier molecular flexibility index (Phi) is 3.45. The summed E-state index contributed by atoms with van der Waals surface area (Å²) in [5.74, 6) is -1.74. The average molecular weight is 210 g/mol. The minimum absolute atomic E-state index is 0.00707. The Balaban J connectivity index is 3.12. The third-order valence-electron chi connectivity index (χ3n) is 2.47. The third kappa shape index (κ3) is 2.55. The molecule has 0 amide bonds. The van der Waals surface area contributed by atoms with E-state index in [1.54, 1.807) is 19.1 Å². The lowest BCUT2D eigenvalue weighted by atomic mass is 9.88. The minimum Gasteiger partial charge on any atom is -0.481 e. The monoisotopic (exact) mass is 210 g/mol. The van der Waals surface area contributed by atoms with E-state index >= 15 is 0 Å². The van der Waals surface area contributed by atoms with Crippen molar-refractivity contribution in [1.29, 1.82) is 0 Å². The summed E-state index contributed by atoms with van der Waals surface area (Å²) in [5, 5.41) is 9.06. The number of carbonyl (C=O) groups is 1. The SMILES string of the molecule is Cc1cc(C(C(=O)O)C(C)C)ccc1F. The molecule has 1 aromatic carbocycles. The smallest absolute Gasteiger partial charge is 0.311 e. The first kappa shape index (κ1) is 11.7. The highest BCUT2D eigenvalue weighted by Gasteiger charge is 2.23. The number of aryl methyl sites for hydroxylation is 1. The predicted molar refractivity (Wildman–Crippen MR) is 56.4 cm³/mol. The molecule has 0 aliphatic rings. The Bertz CT molecular complexity index is 372. The number of hydrogen-bond acceptors (Lipinski definition) is 1. The predicted octanol–water partition coefficient (Wildman–Crippen LogP) is 2.96. The van der Waals surface area contributed by atoms with Crippen molar-refractivity contribution >= 4 is 5.97 Å².